The zero-order chi connectivity index (χ0) is 20.8. The smallest absolute Gasteiger partial charge is 0.254 e. The van der Waals surface area contributed by atoms with Crippen molar-refractivity contribution in [3.05, 3.63) is 11.8 Å². The molecule has 1 aliphatic heterocycles. The average molecular weight is 405 g/mol. The van der Waals surface area contributed by atoms with Crippen LogP contribution in [0.2, 0.25) is 0 Å². The van der Waals surface area contributed by atoms with E-state index in [-0.39, 0.29) is 18.0 Å². The predicted molar refractivity (Wildman–Crippen MR) is 111 cm³/mol. The van der Waals surface area contributed by atoms with E-state index in [0.717, 1.165) is 58.2 Å². The molecule has 0 atom stereocenters. The molecule has 1 saturated carbocycles. The number of ether oxygens (including phenoxy) is 1. The molecular formula is C20H32N6O3. The summed E-state index contributed by atoms with van der Waals surface area (Å²) in [5.41, 5.74) is 5.83. The summed E-state index contributed by atoms with van der Waals surface area (Å²) >= 11 is 0. The molecule has 0 aromatic carbocycles. The van der Waals surface area contributed by atoms with Crippen molar-refractivity contribution in [3.8, 4) is 0 Å². The summed E-state index contributed by atoms with van der Waals surface area (Å²) < 4.78 is 5.26. The van der Waals surface area contributed by atoms with Gasteiger partial charge in [-0.25, -0.2) is 4.98 Å². The molecule has 1 aromatic heterocycles. The molecule has 2 amide bonds. The average Bonchev–Trinajstić information content (AvgIpc) is 2.70. The van der Waals surface area contributed by atoms with Crippen molar-refractivity contribution < 1.29 is 14.3 Å². The lowest BCUT2D eigenvalue weighted by Gasteiger charge is -2.32. The summed E-state index contributed by atoms with van der Waals surface area (Å²) in [6.07, 6.45) is 7.34. The van der Waals surface area contributed by atoms with Crippen molar-refractivity contribution in [2.75, 3.05) is 37.4 Å². The molecule has 0 spiro atoms. The van der Waals surface area contributed by atoms with Crippen molar-refractivity contribution in [1.29, 1.82) is 0 Å². The maximum absolute atomic E-state index is 11.8. The fourth-order valence-corrected chi connectivity index (χ4v) is 4.17. The fourth-order valence-electron chi connectivity index (χ4n) is 4.17. The number of carbonyl (C=O) groups excluding carboxylic acids is 2. The third-order valence-corrected chi connectivity index (χ3v) is 5.92. The fraction of sp³-hybridized carbons (Fsp3) is 0.700. The van der Waals surface area contributed by atoms with E-state index < -0.39 is 5.91 Å². The van der Waals surface area contributed by atoms with Crippen LogP contribution >= 0.6 is 0 Å². The number of nitrogens with zero attached hydrogens (tertiary/aromatic N) is 3. The number of methoxy groups -OCH3 is 1. The van der Waals surface area contributed by atoms with Crippen LogP contribution in [-0.2, 0) is 9.53 Å². The van der Waals surface area contributed by atoms with Crippen LogP contribution < -0.4 is 16.4 Å². The number of piperidine rings is 1. The Bertz CT molecular complexity index is 712. The minimum Gasteiger partial charge on any atom is -0.384 e. The van der Waals surface area contributed by atoms with Crippen LogP contribution in [-0.4, -0.2) is 65.6 Å². The summed E-state index contributed by atoms with van der Waals surface area (Å²) in [5.74, 6) is 1.13. The van der Waals surface area contributed by atoms with E-state index >= 15 is 0 Å². The van der Waals surface area contributed by atoms with Crippen LogP contribution in [0, 0.1) is 5.92 Å². The van der Waals surface area contributed by atoms with Gasteiger partial charge < -0.3 is 26.0 Å². The highest BCUT2D eigenvalue weighted by atomic mass is 16.5. The van der Waals surface area contributed by atoms with Crippen LogP contribution in [0.3, 0.4) is 0 Å². The monoisotopic (exact) mass is 404 g/mol. The number of primary amides is 1. The molecule has 3 rings (SSSR count). The lowest BCUT2D eigenvalue weighted by molar-refractivity contribution is -0.129. The van der Waals surface area contributed by atoms with Crippen molar-refractivity contribution in [1.82, 2.24) is 14.9 Å². The number of hydrogen-bond donors (Lipinski definition) is 3. The van der Waals surface area contributed by atoms with Gasteiger partial charge >= 0.3 is 0 Å². The van der Waals surface area contributed by atoms with E-state index in [1.165, 1.54) is 6.20 Å². The molecular weight excluding hydrogens is 372 g/mol. The Labute approximate surface area is 171 Å². The van der Waals surface area contributed by atoms with E-state index in [9.17, 15) is 9.59 Å². The van der Waals surface area contributed by atoms with Gasteiger partial charge in [0.05, 0.1) is 5.56 Å². The Morgan fingerprint density at radius 1 is 1.14 bits per heavy atom. The third kappa shape index (κ3) is 5.79. The Balaban J connectivity index is 1.62. The zero-order valence-corrected chi connectivity index (χ0v) is 17.3. The van der Waals surface area contributed by atoms with Gasteiger partial charge in [-0.1, -0.05) is 0 Å². The van der Waals surface area contributed by atoms with Gasteiger partial charge in [0.15, 0.2) is 0 Å². The van der Waals surface area contributed by atoms with E-state index in [1.807, 2.05) is 4.90 Å². The third-order valence-electron chi connectivity index (χ3n) is 5.92. The number of nitrogens with one attached hydrogen (secondary N) is 2. The van der Waals surface area contributed by atoms with Crippen molar-refractivity contribution in [2.45, 2.75) is 57.5 Å². The Kier molecular flexibility index (Phi) is 7.24. The summed E-state index contributed by atoms with van der Waals surface area (Å²) in [5, 5.41) is 6.75. The van der Waals surface area contributed by atoms with Crippen LogP contribution in [0.15, 0.2) is 6.20 Å². The first-order chi connectivity index (χ1) is 14.0. The van der Waals surface area contributed by atoms with Crippen molar-refractivity contribution in [3.63, 3.8) is 0 Å². The van der Waals surface area contributed by atoms with Crippen molar-refractivity contribution >= 4 is 23.6 Å². The molecule has 0 unspecified atom stereocenters. The second-order valence-corrected chi connectivity index (χ2v) is 8.06. The quantitative estimate of drug-likeness (QED) is 0.631. The first-order valence-electron chi connectivity index (χ1n) is 10.4. The SMILES string of the molecule is COC[C@H]1CC[C@@H](Nc2nc(NC3CCN(C(C)=O)CC3)ncc2C(N)=O)CC1. The number of amides is 2. The highest BCUT2D eigenvalue weighted by molar-refractivity contribution is 5.97. The molecule has 9 nitrogen and oxygen atoms in total. The van der Waals surface area contributed by atoms with Crippen LogP contribution in [0.5, 0.6) is 0 Å². The molecule has 9 heteroatoms. The lowest BCUT2D eigenvalue weighted by Crippen LogP contribution is -2.41. The number of nitrogens with two attached hydrogens (primary N) is 1. The predicted octanol–water partition coefficient (Wildman–Crippen LogP) is 1.62. The van der Waals surface area contributed by atoms with Gasteiger partial charge in [0.1, 0.15) is 5.82 Å². The van der Waals surface area contributed by atoms with Crippen LogP contribution in [0.4, 0.5) is 11.8 Å². The molecule has 2 fully saturated rings. The number of rotatable bonds is 7. The molecule has 1 aromatic rings. The van der Waals surface area contributed by atoms with E-state index in [2.05, 4.69) is 20.6 Å². The molecule has 1 aliphatic carbocycles. The summed E-state index contributed by atoms with van der Waals surface area (Å²) in [6, 6.07) is 0.449. The molecule has 4 N–H and O–H groups in total. The summed E-state index contributed by atoms with van der Waals surface area (Å²) in [6.45, 7) is 3.84. The second kappa shape index (κ2) is 9.87. The Morgan fingerprint density at radius 3 is 2.38 bits per heavy atom. The second-order valence-electron chi connectivity index (χ2n) is 8.06. The molecule has 0 radical (unpaired) electrons. The highest BCUT2D eigenvalue weighted by Gasteiger charge is 2.24. The van der Waals surface area contributed by atoms with E-state index in [1.54, 1.807) is 14.0 Å². The minimum absolute atomic E-state index is 0.109. The Hall–Kier alpha value is -2.42. The van der Waals surface area contributed by atoms with Gasteiger partial charge in [-0.3, -0.25) is 9.59 Å². The maximum Gasteiger partial charge on any atom is 0.254 e. The van der Waals surface area contributed by atoms with Gasteiger partial charge in [-0.05, 0) is 44.4 Å². The van der Waals surface area contributed by atoms with Gasteiger partial charge in [-0.15, -0.1) is 0 Å². The number of likely N-dealkylation sites (tertiary alicyclic amines) is 1. The first kappa shape index (κ1) is 21.3. The zero-order valence-electron chi connectivity index (χ0n) is 17.3. The molecule has 2 heterocycles. The number of hydrogen-bond acceptors (Lipinski definition) is 7. The highest BCUT2D eigenvalue weighted by Crippen LogP contribution is 2.27. The maximum atomic E-state index is 11.8. The largest absolute Gasteiger partial charge is 0.384 e. The van der Waals surface area contributed by atoms with E-state index in [0.29, 0.717) is 23.2 Å². The van der Waals surface area contributed by atoms with Gasteiger partial charge in [0.2, 0.25) is 11.9 Å². The Morgan fingerprint density at radius 2 is 1.79 bits per heavy atom. The molecule has 1 saturated heterocycles. The standard InChI is InChI=1S/C20H32N6O3/c1-13(27)26-9-7-16(8-10-26)24-20-22-11-17(18(21)28)19(25-20)23-15-5-3-14(4-6-15)12-29-2/h11,14-16H,3-10,12H2,1-2H3,(H2,21,28)(H2,22,23,24,25)/t14-,15+. The molecule has 2 aliphatic rings. The minimum atomic E-state index is -0.540. The van der Waals surface area contributed by atoms with Gasteiger partial charge in [0.25, 0.3) is 5.91 Å². The van der Waals surface area contributed by atoms with Gasteiger partial charge in [-0.2, -0.15) is 4.98 Å². The molecule has 29 heavy (non-hydrogen) atoms. The normalized spacial score (nSPS) is 22.9. The van der Waals surface area contributed by atoms with Gasteiger partial charge in [0, 0.05) is 52.0 Å². The van der Waals surface area contributed by atoms with Crippen LogP contribution in [0.1, 0.15) is 55.8 Å². The topological polar surface area (TPSA) is 122 Å². The number of aromatic nitrogens is 2. The summed E-state index contributed by atoms with van der Waals surface area (Å²) in [7, 11) is 1.74. The molecule has 0 bridgehead atoms. The lowest BCUT2D eigenvalue weighted by atomic mass is 9.86. The summed E-state index contributed by atoms with van der Waals surface area (Å²) in [4.78, 5) is 34.0. The van der Waals surface area contributed by atoms with E-state index in [4.69, 9.17) is 10.5 Å². The number of anilines is 2. The first-order valence-corrected chi connectivity index (χ1v) is 10.4. The molecule has 160 valence electrons. The van der Waals surface area contributed by atoms with Crippen molar-refractivity contribution in [2.24, 2.45) is 11.7 Å². The number of carbonyl (C=O) groups is 2. The van der Waals surface area contributed by atoms with Crippen LogP contribution in [0.25, 0.3) is 0 Å².